The second-order valence-corrected chi connectivity index (χ2v) is 7.80. The number of aliphatic imine (C=N–C) groups is 1. The lowest BCUT2D eigenvalue weighted by Gasteiger charge is -2.27. The Hall–Kier alpha value is -1.73. The number of rotatable bonds is 9. The van der Waals surface area contributed by atoms with Crippen molar-refractivity contribution < 1.29 is 9.59 Å². The summed E-state index contributed by atoms with van der Waals surface area (Å²) in [6.45, 7) is 2.29. The highest BCUT2D eigenvalue weighted by Crippen LogP contribution is 2.27. The first kappa shape index (κ1) is 20.6. The maximum absolute atomic E-state index is 12.6. The molecule has 2 rings (SSSR count). The minimum atomic E-state index is -0.688. The Bertz CT molecular complexity index is 668. The summed E-state index contributed by atoms with van der Waals surface area (Å²) in [5.74, 6) is 0.902. The van der Waals surface area contributed by atoms with E-state index in [4.69, 9.17) is 17.0 Å². The zero-order valence-electron chi connectivity index (χ0n) is 14.7. The summed E-state index contributed by atoms with van der Waals surface area (Å²) < 4.78 is 0. The fourth-order valence-corrected chi connectivity index (χ4v) is 4.16. The van der Waals surface area contributed by atoms with Crippen LogP contribution in [0.15, 0.2) is 29.5 Å². The molecule has 1 amide bonds. The molecule has 6 nitrogen and oxygen atoms in total. The number of aromatic nitrogens is 1. The topological polar surface area (TPSA) is 86.5 Å². The van der Waals surface area contributed by atoms with Gasteiger partial charge in [-0.2, -0.15) is 11.8 Å². The van der Waals surface area contributed by atoms with Crippen LogP contribution in [0.25, 0.3) is 0 Å². The number of thioether (sulfide) groups is 1. The van der Waals surface area contributed by atoms with Gasteiger partial charge in [0.25, 0.3) is 0 Å². The Labute approximate surface area is 162 Å². The molecule has 0 aliphatic heterocycles. The van der Waals surface area contributed by atoms with E-state index < -0.39 is 6.04 Å². The van der Waals surface area contributed by atoms with Crippen LogP contribution >= 0.6 is 23.4 Å². The first-order valence-electron chi connectivity index (χ1n) is 8.62. The molecule has 26 heavy (non-hydrogen) atoms. The van der Waals surface area contributed by atoms with Gasteiger partial charge in [0.2, 0.25) is 5.91 Å². The van der Waals surface area contributed by atoms with Crippen molar-refractivity contribution in [1.29, 1.82) is 5.41 Å². The minimum Gasteiger partial charge on any atom is -0.328 e. The number of hydrogen-bond donors (Lipinski definition) is 1. The SMILES string of the molecule is CCN(C(=O)CCSC1CCC(=O)C1)C(C=Nc1cccnc1)C(=N)Cl. The van der Waals surface area contributed by atoms with Crippen LogP contribution in [0.1, 0.15) is 32.6 Å². The van der Waals surface area contributed by atoms with Gasteiger partial charge < -0.3 is 4.90 Å². The highest BCUT2D eigenvalue weighted by Gasteiger charge is 2.25. The predicted octanol–water partition coefficient (Wildman–Crippen LogP) is 3.46. The Morgan fingerprint density at radius 2 is 2.42 bits per heavy atom. The first-order valence-corrected chi connectivity index (χ1v) is 10.0. The van der Waals surface area contributed by atoms with Gasteiger partial charge in [-0.15, -0.1) is 0 Å². The molecule has 1 aliphatic carbocycles. The van der Waals surface area contributed by atoms with Crippen molar-refractivity contribution in [3.8, 4) is 0 Å². The normalized spacial score (nSPS) is 18.2. The molecule has 0 aromatic carbocycles. The van der Waals surface area contributed by atoms with Crippen LogP contribution in [0, 0.1) is 5.41 Å². The molecule has 140 valence electrons. The third-order valence-corrected chi connectivity index (χ3v) is 5.67. The number of carbonyl (C=O) groups excluding carboxylic acids is 2. The summed E-state index contributed by atoms with van der Waals surface area (Å²) in [5, 5.41) is 7.98. The zero-order chi connectivity index (χ0) is 18.9. The number of hydrogen-bond acceptors (Lipinski definition) is 6. The summed E-state index contributed by atoms with van der Waals surface area (Å²) in [7, 11) is 0. The molecule has 1 N–H and O–H groups in total. The fourth-order valence-electron chi connectivity index (χ4n) is 2.78. The van der Waals surface area contributed by atoms with Crippen LogP contribution < -0.4 is 0 Å². The number of nitrogens with zero attached hydrogens (tertiary/aromatic N) is 3. The van der Waals surface area contributed by atoms with Crippen LogP contribution in [0.2, 0.25) is 0 Å². The van der Waals surface area contributed by atoms with Gasteiger partial charge in [-0.25, -0.2) is 0 Å². The van der Waals surface area contributed by atoms with Crippen molar-refractivity contribution in [1.82, 2.24) is 9.88 Å². The van der Waals surface area contributed by atoms with Gasteiger partial charge in [0, 0.05) is 49.2 Å². The van der Waals surface area contributed by atoms with E-state index in [1.807, 2.05) is 6.92 Å². The molecule has 1 aliphatic rings. The predicted molar refractivity (Wildman–Crippen MR) is 107 cm³/mol. The lowest BCUT2D eigenvalue weighted by Crippen LogP contribution is -2.44. The van der Waals surface area contributed by atoms with E-state index in [1.54, 1.807) is 41.2 Å². The van der Waals surface area contributed by atoms with Crippen LogP contribution in [-0.2, 0) is 9.59 Å². The van der Waals surface area contributed by atoms with E-state index in [1.165, 1.54) is 6.21 Å². The fraction of sp³-hybridized carbons (Fsp3) is 0.500. The Morgan fingerprint density at radius 1 is 1.62 bits per heavy atom. The second kappa shape index (κ2) is 10.4. The number of carbonyl (C=O) groups is 2. The largest absolute Gasteiger partial charge is 0.328 e. The molecule has 0 spiro atoms. The highest BCUT2D eigenvalue weighted by atomic mass is 35.5. The van der Waals surface area contributed by atoms with Crippen LogP contribution in [-0.4, -0.2) is 56.5 Å². The van der Waals surface area contributed by atoms with E-state index in [9.17, 15) is 9.59 Å². The molecular weight excluding hydrogens is 372 g/mol. The number of pyridine rings is 1. The number of amides is 1. The van der Waals surface area contributed by atoms with Crippen LogP contribution in [0.4, 0.5) is 5.69 Å². The summed E-state index contributed by atoms with van der Waals surface area (Å²) in [6, 6.07) is 2.87. The average Bonchev–Trinajstić information content (AvgIpc) is 3.04. The smallest absolute Gasteiger partial charge is 0.224 e. The average molecular weight is 395 g/mol. The van der Waals surface area contributed by atoms with Gasteiger partial charge in [-0.05, 0) is 25.5 Å². The molecule has 1 fully saturated rings. The Morgan fingerprint density at radius 3 is 3.00 bits per heavy atom. The summed E-state index contributed by atoms with van der Waals surface area (Å²) >= 11 is 7.60. The third-order valence-electron chi connectivity index (χ3n) is 4.14. The van der Waals surface area contributed by atoms with Crippen LogP contribution in [0.5, 0.6) is 0 Å². The molecule has 0 saturated heterocycles. The van der Waals surface area contributed by atoms with Gasteiger partial charge in [0.05, 0.1) is 11.9 Å². The molecule has 1 aromatic rings. The number of ketones is 1. The quantitative estimate of drug-likeness (QED) is 0.650. The van der Waals surface area contributed by atoms with E-state index in [2.05, 4.69) is 9.98 Å². The zero-order valence-corrected chi connectivity index (χ0v) is 16.3. The third kappa shape index (κ3) is 6.21. The number of nitrogens with one attached hydrogen (secondary N) is 1. The summed E-state index contributed by atoms with van der Waals surface area (Å²) in [5.41, 5.74) is 0.639. The van der Waals surface area contributed by atoms with Crippen molar-refractivity contribution in [2.45, 2.75) is 43.9 Å². The summed E-state index contributed by atoms with van der Waals surface area (Å²) in [4.78, 5) is 33.7. The van der Waals surface area contributed by atoms with Crippen molar-refractivity contribution in [3.05, 3.63) is 24.5 Å². The molecule has 0 bridgehead atoms. The maximum Gasteiger partial charge on any atom is 0.224 e. The van der Waals surface area contributed by atoms with Crippen molar-refractivity contribution in [2.24, 2.45) is 4.99 Å². The van der Waals surface area contributed by atoms with Gasteiger partial charge in [0.15, 0.2) is 0 Å². The molecule has 1 aromatic heterocycles. The molecule has 2 atom stereocenters. The number of halogens is 1. The minimum absolute atomic E-state index is 0.0719. The molecule has 0 radical (unpaired) electrons. The van der Waals surface area contributed by atoms with Crippen molar-refractivity contribution in [2.75, 3.05) is 12.3 Å². The molecule has 1 heterocycles. The van der Waals surface area contributed by atoms with E-state index in [0.717, 1.165) is 6.42 Å². The van der Waals surface area contributed by atoms with Gasteiger partial charge >= 0.3 is 0 Å². The lowest BCUT2D eigenvalue weighted by molar-refractivity contribution is -0.130. The first-order chi connectivity index (χ1) is 12.5. The Balaban J connectivity index is 1.93. The maximum atomic E-state index is 12.6. The van der Waals surface area contributed by atoms with Gasteiger partial charge in [0.1, 0.15) is 17.0 Å². The molecule has 8 heteroatoms. The number of Topliss-reactive ketones (excluding diaryl/α,β-unsaturated/α-hetero) is 1. The Kier molecular flexibility index (Phi) is 8.25. The van der Waals surface area contributed by atoms with Gasteiger partial charge in [-0.3, -0.25) is 25.0 Å². The van der Waals surface area contributed by atoms with Crippen molar-refractivity contribution in [3.63, 3.8) is 0 Å². The lowest BCUT2D eigenvalue weighted by atomic mass is 10.2. The van der Waals surface area contributed by atoms with E-state index >= 15 is 0 Å². The summed E-state index contributed by atoms with van der Waals surface area (Å²) in [6.07, 6.45) is 7.29. The molecule has 2 unspecified atom stereocenters. The molecule has 1 saturated carbocycles. The van der Waals surface area contributed by atoms with E-state index in [-0.39, 0.29) is 11.1 Å². The van der Waals surface area contributed by atoms with Gasteiger partial charge in [-0.1, -0.05) is 11.6 Å². The van der Waals surface area contributed by atoms with Crippen LogP contribution in [0.3, 0.4) is 0 Å². The van der Waals surface area contributed by atoms with Crippen molar-refractivity contribution >= 4 is 52.1 Å². The van der Waals surface area contributed by atoms with E-state index in [0.29, 0.717) is 48.3 Å². The standard InChI is InChI=1S/C18H23ClN4O2S/c1-2-23(17(25)7-9-26-15-6-5-14(24)10-15)16(18(19)20)12-22-13-4-3-8-21-11-13/h3-4,8,11-12,15-16,20H,2,5-7,9-10H2,1H3. The monoisotopic (exact) mass is 394 g/mol. The highest BCUT2D eigenvalue weighted by molar-refractivity contribution is 7.99. The second-order valence-electron chi connectivity index (χ2n) is 5.99. The molecular formula is C18H23ClN4O2S.